The summed E-state index contributed by atoms with van der Waals surface area (Å²) in [4.78, 5) is 62.1. The summed E-state index contributed by atoms with van der Waals surface area (Å²) in [6.45, 7) is 7.18. The first-order valence-corrected chi connectivity index (χ1v) is 21.4. The zero-order chi connectivity index (χ0) is 42.2. The molecule has 18 heteroatoms. The molecule has 0 bridgehead atoms. The first-order valence-electron chi connectivity index (χ1n) is 19.9. The molecule has 2 aliphatic carbocycles. The highest BCUT2D eigenvalue weighted by Crippen LogP contribution is 2.46. The van der Waals surface area contributed by atoms with Gasteiger partial charge in [0, 0.05) is 23.1 Å². The summed E-state index contributed by atoms with van der Waals surface area (Å²) < 4.78 is 86.3. The van der Waals surface area contributed by atoms with Crippen LogP contribution >= 0.6 is 0 Å². The fourth-order valence-corrected chi connectivity index (χ4v) is 9.19. The number of rotatable bonds is 10. The van der Waals surface area contributed by atoms with E-state index in [1.165, 1.54) is 11.1 Å². The molecule has 4 amide bonds. The molecule has 1 saturated heterocycles. The maximum atomic E-state index is 14.9. The van der Waals surface area contributed by atoms with E-state index in [4.69, 9.17) is 14.2 Å². The maximum Gasteiger partial charge on any atom is 0.427 e. The van der Waals surface area contributed by atoms with Crippen LogP contribution in [0, 0.1) is 17.8 Å². The highest BCUT2D eigenvalue weighted by atomic mass is 32.2. The van der Waals surface area contributed by atoms with Crippen LogP contribution in [-0.2, 0) is 29.1 Å². The molecule has 1 aromatic carbocycles. The van der Waals surface area contributed by atoms with Gasteiger partial charge < -0.3 is 29.7 Å². The summed E-state index contributed by atoms with van der Waals surface area (Å²) in [5.41, 5.74) is -4.51. The number of allylic oxidation sites excluding steroid dienone is 1. The van der Waals surface area contributed by atoms with E-state index < -0.39 is 86.4 Å². The number of pyridine rings is 1. The first-order chi connectivity index (χ1) is 27.3. The Hall–Kier alpha value is -4.61. The maximum absolute atomic E-state index is 14.9. The number of aromatic nitrogens is 1. The molecule has 14 nitrogen and oxygen atoms in total. The summed E-state index contributed by atoms with van der Waals surface area (Å²) in [7, 11) is -3.98. The van der Waals surface area contributed by atoms with Gasteiger partial charge in [0.15, 0.2) is 0 Å². The average molecular weight is 836 g/mol. The zero-order valence-corrected chi connectivity index (χ0v) is 34.1. The van der Waals surface area contributed by atoms with E-state index in [0.29, 0.717) is 75.5 Å². The Labute approximate surface area is 336 Å². The van der Waals surface area contributed by atoms with Crippen molar-refractivity contribution in [2.45, 2.75) is 127 Å². The normalized spacial score (nSPS) is 28.9. The van der Waals surface area contributed by atoms with Gasteiger partial charge in [0.2, 0.25) is 33.3 Å². The molecule has 318 valence electrons. The minimum atomic E-state index is -4.91. The predicted octanol–water partition coefficient (Wildman–Crippen LogP) is 5.30. The number of ether oxygens (including phenoxy) is 3. The number of hydrogen-bond donors (Lipinski definition) is 3. The highest BCUT2D eigenvalue weighted by Gasteiger charge is 2.62. The Kier molecular flexibility index (Phi) is 12.3. The van der Waals surface area contributed by atoms with Crippen LogP contribution < -0.4 is 24.8 Å². The molecule has 4 aliphatic rings. The number of benzene rings is 1. The van der Waals surface area contributed by atoms with Gasteiger partial charge in [-0.1, -0.05) is 50.6 Å². The first kappa shape index (κ1) is 43.0. The van der Waals surface area contributed by atoms with Gasteiger partial charge in [-0.05, 0) is 77.2 Å². The number of amides is 4. The lowest BCUT2D eigenvalue weighted by Crippen LogP contribution is -2.59. The lowest BCUT2D eigenvalue weighted by Gasteiger charge is -2.35. The molecule has 3 N–H and O–H groups in total. The predicted molar refractivity (Wildman–Crippen MR) is 206 cm³/mol. The van der Waals surface area contributed by atoms with Gasteiger partial charge in [0.1, 0.15) is 29.5 Å². The largest absolute Gasteiger partial charge is 0.492 e. The smallest absolute Gasteiger partial charge is 0.427 e. The Morgan fingerprint density at radius 1 is 1.07 bits per heavy atom. The lowest BCUT2D eigenvalue weighted by atomic mass is 9.85. The van der Waals surface area contributed by atoms with Gasteiger partial charge in [0.05, 0.1) is 24.6 Å². The second-order valence-electron chi connectivity index (χ2n) is 16.4. The van der Waals surface area contributed by atoms with Crippen molar-refractivity contribution < 1.29 is 55.0 Å². The molecular weight excluding hydrogens is 784 g/mol. The monoisotopic (exact) mass is 835 g/mol. The Morgan fingerprint density at radius 2 is 1.78 bits per heavy atom. The molecule has 58 heavy (non-hydrogen) atoms. The summed E-state index contributed by atoms with van der Waals surface area (Å²) >= 11 is 0. The summed E-state index contributed by atoms with van der Waals surface area (Å²) in [6, 6.07) is 4.50. The van der Waals surface area contributed by atoms with Gasteiger partial charge in [-0.2, -0.15) is 13.2 Å². The summed E-state index contributed by atoms with van der Waals surface area (Å²) in [6.07, 6.45) is 0.684. The van der Waals surface area contributed by atoms with Crippen molar-refractivity contribution in [1.82, 2.24) is 25.2 Å². The van der Waals surface area contributed by atoms with E-state index in [1.54, 1.807) is 25.1 Å². The molecule has 0 radical (unpaired) electrons. The van der Waals surface area contributed by atoms with Gasteiger partial charge >= 0.3 is 12.3 Å². The van der Waals surface area contributed by atoms with Crippen LogP contribution in [0.4, 0.5) is 18.0 Å². The third-order valence-electron chi connectivity index (χ3n) is 11.6. The van der Waals surface area contributed by atoms with Crippen molar-refractivity contribution in [1.29, 1.82) is 0 Å². The third-order valence-corrected chi connectivity index (χ3v) is 13.4. The fourth-order valence-electron chi connectivity index (χ4n) is 7.83. The van der Waals surface area contributed by atoms with Crippen molar-refractivity contribution in [2.75, 3.05) is 13.2 Å². The van der Waals surface area contributed by atoms with Gasteiger partial charge in [-0.3, -0.25) is 19.1 Å². The molecule has 0 unspecified atom stereocenters. The van der Waals surface area contributed by atoms with Crippen molar-refractivity contribution >= 4 is 44.6 Å². The molecule has 2 aliphatic heterocycles. The quantitative estimate of drug-likeness (QED) is 0.266. The molecule has 6 rings (SSSR count). The van der Waals surface area contributed by atoms with Crippen LogP contribution in [0.25, 0.3) is 10.8 Å². The van der Waals surface area contributed by atoms with Crippen molar-refractivity contribution in [3.8, 4) is 11.6 Å². The molecule has 3 fully saturated rings. The number of carbonyl (C=O) groups is 4. The Morgan fingerprint density at radius 3 is 2.43 bits per heavy atom. The van der Waals surface area contributed by atoms with E-state index >= 15 is 0 Å². The van der Waals surface area contributed by atoms with Gasteiger partial charge in [-0.15, -0.1) is 0 Å². The van der Waals surface area contributed by atoms with E-state index in [0.717, 1.165) is 0 Å². The molecular formula is C40H52F3N5O9S. The summed E-state index contributed by atoms with van der Waals surface area (Å²) in [5.74, 6) is -2.84. The number of halogens is 3. The molecule has 2 saturated carbocycles. The number of nitrogens with zero attached hydrogens (tertiary/aromatic N) is 2. The Bertz CT molecular complexity index is 2040. The minimum absolute atomic E-state index is 0.0281. The van der Waals surface area contributed by atoms with E-state index in [-0.39, 0.29) is 31.2 Å². The number of alkyl halides is 3. The number of nitrogens with one attached hydrogen (secondary N) is 3. The minimum Gasteiger partial charge on any atom is -0.492 e. The van der Waals surface area contributed by atoms with Crippen LogP contribution in [0.2, 0.25) is 0 Å². The van der Waals surface area contributed by atoms with Gasteiger partial charge in [0.25, 0.3) is 5.91 Å². The lowest BCUT2D eigenvalue weighted by molar-refractivity contribution is -0.244. The summed E-state index contributed by atoms with van der Waals surface area (Å²) in [5, 5.41) is 5.85. The number of hydrogen-bond acceptors (Lipinski definition) is 10. The van der Waals surface area contributed by atoms with E-state index in [1.807, 2.05) is 32.1 Å². The molecule has 1 aromatic heterocycles. The van der Waals surface area contributed by atoms with Gasteiger partial charge in [-0.25, -0.2) is 18.2 Å². The van der Waals surface area contributed by atoms with Crippen LogP contribution in [0.5, 0.6) is 11.6 Å². The molecule has 2 aromatic rings. The van der Waals surface area contributed by atoms with Crippen LogP contribution in [0.3, 0.4) is 0 Å². The van der Waals surface area contributed by atoms with Crippen LogP contribution in [-0.4, -0.2) is 96.0 Å². The highest BCUT2D eigenvalue weighted by molar-refractivity contribution is 7.91. The third kappa shape index (κ3) is 9.15. The van der Waals surface area contributed by atoms with E-state index in [9.17, 15) is 40.8 Å². The van der Waals surface area contributed by atoms with E-state index in [2.05, 4.69) is 20.3 Å². The second kappa shape index (κ2) is 16.6. The number of fused-ring (bicyclic) bond motifs is 3. The number of carbonyl (C=O) groups excluding carboxylic acids is 4. The zero-order valence-electron chi connectivity index (χ0n) is 33.3. The second-order valence-corrected chi connectivity index (χ2v) is 18.3. The van der Waals surface area contributed by atoms with Crippen molar-refractivity contribution in [2.24, 2.45) is 17.8 Å². The average Bonchev–Trinajstić information content (AvgIpc) is 4.08. The number of alkyl carbamates (subject to hydrolysis) is 1. The molecule has 7 atom stereocenters. The standard InChI is InChI=1S/C40H52F3N5O9S/c1-6-24-18-23(3)12-8-9-13-25-20-39(25,36(51)47-58(53,54)27-16-17-27)46-33(49)30-19-26(56-34-29-15-11-10-14-28(29)31(21-44-34)55-7-2)22-48(30)35(50)32(24)45-37(52)57-38(4,5)40(41,42)43/h9-11,13-15,21,23-27,30,32H,6-8,12,16-20,22H2,1-5H3,(H,45,52)(H,46,49)(H,47,51)/b13-9-/t23-,24-,25-,26-,30+,32+,39-/m1/s1. The van der Waals surface area contributed by atoms with Crippen molar-refractivity contribution in [3.63, 3.8) is 0 Å². The molecule has 0 spiro atoms. The van der Waals surface area contributed by atoms with Crippen molar-refractivity contribution in [3.05, 3.63) is 42.6 Å². The Balaban J connectivity index is 1.37. The fraction of sp³-hybridized carbons (Fsp3) is 0.625. The number of sulfonamides is 1. The van der Waals surface area contributed by atoms with Crippen LogP contribution in [0.1, 0.15) is 86.0 Å². The topological polar surface area (TPSA) is 182 Å². The van der Waals surface area contributed by atoms with Crippen LogP contribution in [0.15, 0.2) is 42.6 Å². The SMILES string of the molecule is CCOc1cnc(O[C@@H]2C[C@H]3C(=O)N[C@]4(C(=O)NS(=O)(=O)C5CC5)C[C@H]4/C=C\CC[C@@H](C)C[C@@H](CC)[C@H](NC(=O)OC(C)(C)C(F)(F)F)C(=O)N3C2)c2ccccc12. The molecule has 3 heterocycles.